The first-order valence-corrected chi connectivity index (χ1v) is 11.6. The van der Waals surface area contributed by atoms with Gasteiger partial charge in [0.15, 0.2) is 21.6 Å². The third-order valence-corrected chi connectivity index (χ3v) is 6.69. The number of guanidine groups is 1. The van der Waals surface area contributed by atoms with Gasteiger partial charge in [0.05, 0.1) is 0 Å². The second kappa shape index (κ2) is 11.6. The van der Waals surface area contributed by atoms with Gasteiger partial charge in [-0.3, -0.25) is 15.0 Å². The van der Waals surface area contributed by atoms with E-state index in [0.717, 1.165) is 4.31 Å². The summed E-state index contributed by atoms with van der Waals surface area (Å²) in [5.41, 5.74) is 5.70. The van der Waals surface area contributed by atoms with Crippen molar-refractivity contribution in [1.82, 2.24) is 20.2 Å². The lowest BCUT2D eigenvalue weighted by Crippen LogP contribution is -2.55. The topological polar surface area (TPSA) is 195 Å². The summed E-state index contributed by atoms with van der Waals surface area (Å²) in [6, 6.07) is 6.14. The first-order chi connectivity index (χ1) is 15.1. The first kappa shape index (κ1) is 25.3. The highest BCUT2D eigenvalue weighted by molar-refractivity contribution is 8.14. The second-order valence-corrected chi connectivity index (χ2v) is 9.23. The Hall–Kier alpha value is -3.00. The number of carbonyl (C=O) groups excluding carboxylic acids is 2. The fourth-order valence-corrected chi connectivity index (χ4v) is 5.06. The molecule has 1 aromatic rings. The number of rotatable bonds is 11. The molecular formula is C16H25B3N6O6S. The van der Waals surface area contributed by atoms with Crippen molar-refractivity contribution in [3.8, 4) is 0 Å². The minimum Gasteiger partial charge on any atom is -0.480 e. The average Bonchev–Trinajstić information content (AvgIpc) is 3.22. The van der Waals surface area contributed by atoms with Crippen LogP contribution in [0.2, 0.25) is 0 Å². The molecular weight excluding hydrogens is 437 g/mol. The van der Waals surface area contributed by atoms with E-state index in [0.29, 0.717) is 11.9 Å². The Kier molecular flexibility index (Phi) is 9.14. The minimum atomic E-state index is -3.79. The van der Waals surface area contributed by atoms with E-state index in [1.54, 1.807) is 30.3 Å². The fraction of sp³-hybridized carbons (Fsp3) is 0.375. The third kappa shape index (κ3) is 7.60. The maximum atomic E-state index is 12.8. The molecule has 1 heterocycles. The standard InChI is InChI=1S/C16H25B3N6O6S/c20-16(21)24-19-17-15(29)22-9-11(14(27)28)23-13(26)12-7-4-8-25(12)32(30,31)18-10-5-2-1-3-6-10/h1-3,5-6,11-12,17-19H,4,7-9H2,(H,22,29)(H,23,26)(H,27,28)(H4,20,21,24). The molecule has 0 saturated carbocycles. The highest BCUT2D eigenvalue weighted by atomic mass is 32.2. The van der Waals surface area contributed by atoms with Crippen LogP contribution in [0.25, 0.3) is 0 Å². The molecule has 0 radical (unpaired) electrons. The number of carboxylic acid groups (broad SMARTS) is 1. The lowest BCUT2D eigenvalue weighted by atomic mass is 9.46. The fourth-order valence-electron chi connectivity index (χ4n) is 3.29. The number of hydrogen-bond donors (Lipinski definition) is 6. The van der Waals surface area contributed by atoms with E-state index in [9.17, 15) is 27.9 Å². The van der Waals surface area contributed by atoms with Gasteiger partial charge in [-0.2, -0.15) is 4.31 Å². The molecule has 2 atom stereocenters. The number of carbonyl (C=O) groups is 3. The molecule has 12 nitrogen and oxygen atoms in total. The SMILES string of the molecule is N=C(N)NBBC(=O)NCC(NC(=O)C1CCCN1S(=O)(=O)Bc1ccccc1)C(=O)O. The summed E-state index contributed by atoms with van der Waals surface area (Å²) in [6.07, 6.45) is 0.749. The van der Waals surface area contributed by atoms with E-state index in [-0.39, 0.29) is 46.5 Å². The summed E-state index contributed by atoms with van der Waals surface area (Å²) in [6.45, 7) is -0.460. The summed E-state index contributed by atoms with van der Waals surface area (Å²) < 4.78 is 26.8. The van der Waals surface area contributed by atoms with E-state index in [1.165, 1.54) is 0 Å². The predicted octanol–water partition coefficient (Wildman–Crippen LogP) is -4.08. The zero-order valence-electron chi connectivity index (χ0n) is 17.4. The molecule has 32 heavy (non-hydrogen) atoms. The van der Waals surface area contributed by atoms with Crippen LogP contribution in [-0.2, 0) is 19.5 Å². The minimum absolute atomic E-state index is 0.0476. The molecule has 0 spiro atoms. The largest absolute Gasteiger partial charge is 0.480 e. The molecule has 0 aromatic heterocycles. The van der Waals surface area contributed by atoms with Crippen LogP contribution in [-0.4, -0.2) is 87.7 Å². The van der Waals surface area contributed by atoms with E-state index in [2.05, 4.69) is 15.9 Å². The number of amides is 2. The maximum absolute atomic E-state index is 12.8. The van der Waals surface area contributed by atoms with Crippen LogP contribution in [0.15, 0.2) is 30.3 Å². The molecule has 16 heteroatoms. The van der Waals surface area contributed by atoms with Gasteiger partial charge >= 0.3 is 12.5 Å². The molecule has 0 bridgehead atoms. The smallest absolute Gasteiger partial charge is 0.328 e. The number of nitrogens with zero attached hydrogens (tertiary/aromatic N) is 1. The highest BCUT2D eigenvalue weighted by Crippen LogP contribution is 2.21. The van der Waals surface area contributed by atoms with Gasteiger partial charge in [-0.15, -0.1) is 0 Å². The van der Waals surface area contributed by atoms with Crippen molar-refractivity contribution in [1.29, 1.82) is 5.41 Å². The highest BCUT2D eigenvalue weighted by Gasteiger charge is 2.40. The molecule has 1 aliphatic rings. The molecule has 2 unspecified atom stereocenters. The Morgan fingerprint density at radius 1 is 1.28 bits per heavy atom. The van der Waals surface area contributed by atoms with Gasteiger partial charge in [0.25, 0.3) is 0 Å². The van der Waals surface area contributed by atoms with Crippen LogP contribution in [0.5, 0.6) is 0 Å². The number of aliphatic carboxylic acids is 1. The Balaban J connectivity index is 1.96. The number of nitrogens with one attached hydrogen (secondary N) is 4. The quantitative estimate of drug-likeness (QED) is 0.109. The van der Waals surface area contributed by atoms with E-state index >= 15 is 0 Å². The zero-order chi connectivity index (χ0) is 23.7. The van der Waals surface area contributed by atoms with Crippen LogP contribution in [0.3, 0.4) is 0 Å². The molecule has 0 aliphatic carbocycles. The average molecular weight is 462 g/mol. The van der Waals surface area contributed by atoms with Crippen molar-refractivity contribution in [2.45, 2.75) is 24.9 Å². The lowest BCUT2D eigenvalue weighted by Gasteiger charge is -2.25. The third-order valence-electron chi connectivity index (χ3n) is 4.84. The van der Waals surface area contributed by atoms with E-state index in [4.69, 9.17) is 11.1 Å². The summed E-state index contributed by atoms with van der Waals surface area (Å²) in [5.74, 6) is -2.87. The molecule has 7 N–H and O–H groups in total. The normalized spacial score (nSPS) is 16.9. The summed E-state index contributed by atoms with van der Waals surface area (Å²) in [5, 5.41) is 23.6. The van der Waals surface area contributed by atoms with Crippen molar-refractivity contribution in [3.63, 3.8) is 0 Å². The number of carboxylic acids is 1. The second-order valence-electron chi connectivity index (χ2n) is 7.30. The Bertz CT molecular complexity index is 951. The van der Waals surface area contributed by atoms with Gasteiger partial charge in [-0.05, 0) is 12.8 Å². The van der Waals surface area contributed by atoms with E-state index in [1.807, 2.05) is 0 Å². The molecule has 2 rings (SSSR count). The monoisotopic (exact) mass is 462 g/mol. The Morgan fingerprint density at radius 3 is 2.59 bits per heavy atom. The molecule has 2 amide bonds. The van der Waals surface area contributed by atoms with Crippen LogP contribution in [0.4, 0.5) is 4.79 Å². The van der Waals surface area contributed by atoms with Crippen molar-refractivity contribution in [3.05, 3.63) is 30.3 Å². The lowest BCUT2D eigenvalue weighted by molar-refractivity contribution is -0.142. The van der Waals surface area contributed by atoms with Gasteiger partial charge in [0.1, 0.15) is 12.1 Å². The summed E-state index contributed by atoms with van der Waals surface area (Å²) in [4.78, 5) is 36.0. The van der Waals surface area contributed by atoms with Crippen molar-refractivity contribution in [2.75, 3.05) is 13.1 Å². The summed E-state index contributed by atoms with van der Waals surface area (Å²) >= 11 is 0. The van der Waals surface area contributed by atoms with Crippen LogP contribution >= 0.6 is 0 Å². The number of hydrogen-bond acceptors (Lipinski definition) is 6. The van der Waals surface area contributed by atoms with Crippen LogP contribution in [0.1, 0.15) is 12.8 Å². The van der Waals surface area contributed by atoms with Gasteiger partial charge in [-0.25, -0.2) is 13.2 Å². The van der Waals surface area contributed by atoms with E-state index < -0.39 is 39.6 Å². The molecule has 1 aromatic carbocycles. The van der Waals surface area contributed by atoms with Gasteiger partial charge < -0.3 is 26.7 Å². The molecule has 1 saturated heterocycles. The first-order valence-electron chi connectivity index (χ1n) is 10.0. The maximum Gasteiger partial charge on any atom is 0.328 e. The van der Waals surface area contributed by atoms with Crippen molar-refractivity contribution < 1.29 is 27.9 Å². The Labute approximate surface area is 187 Å². The van der Waals surface area contributed by atoms with Crippen LogP contribution in [0, 0.1) is 5.41 Å². The number of nitrogens with two attached hydrogens (primary N) is 1. The van der Waals surface area contributed by atoms with Crippen molar-refractivity contribution in [2.24, 2.45) is 5.73 Å². The Morgan fingerprint density at radius 2 is 1.97 bits per heavy atom. The van der Waals surface area contributed by atoms with Gasteiger partial charge in [-0.1, -0.05) is 35.8 Å². The predicted molar refractivity (Wildman–Crippen MR) is 124 cm³/mol. The molecule has 1 fully saturated rings. The van der Waals surface area contributed by atoms with Crippen LogP contribution < -0.4 is 27.1 Å². The summed E-state index contributed by atoms with van der Waals surface area (Å²) in [7, 11) is -3.73. The molecule has 170 valence electrons. The molecule has 1 aliphatic heterocycles. The number of benzene rings is 1. The van der Waals surface area contributed by atoms with Gasteiger partial charge in [0.2, 0.25) is 20.4 Å². The zero-order valence-corrected chi connectivity index (χ0v) is 18.2. The van der Waals surface area contributed by atoms with Crippen molar-refractivity contribution >= 4 is 60.0 Å². The van der Waals surface area contributed by atoms with Gasteiger partial charge in [0, 0.05) is 13.1 Å².